The second-order valence-corrected chi connectivity index (χ2v) is 7.64. The highest BCUT2D eigenvalue weighted by atomic mass is 16.5. The molecule has 4 rings (SSSR count). The van der Waals surface area contributed by atoms with Crippen LogP contribution in [0.15, 0.2) is 90.8 Å². The Bertz CT molecular complexity index is 1320. The van der Waals surface area contributed by atoms with E-state index in [2.05, 4.69) is 12.6 Å². The van der Waals surface area contributed by atoms with Crippen molar-refractivity contribution in [2.45, 2.75) is 12.8 Å². The fourth-order valence-electron chi connectivity index (χ4n) is 3.80. The highest BCUT2D eigenvalue weighted by molar-refractivity contribution is 5.91. The van der Waals surface area contributed by atoms with Gasteiger partial charge in [0.05, 0.1) is 18.1 Å². The lowest BCUT2D eigenvalue weighted by Crippen LogP contribution is -2.21. The maximum Gasteiger partial charge on any atom is 0.343 e. The van der Waals surface area contributed by atoms with Crippen LogP contribution >= 0.6 is 0 Å². The number of hydrogen-bond donors (Lipinski definition) is 1. The summed E-state index contributed by atoms with van der Waals surface area (Å²) in [6, 6.07) is 21.3. The van der Waals surface area contributed by atoms with Crippen molar-refractivity contribution < 1.29 is 23.7 Å². The Labute approximate surface area is 203 Å². The third kappa shape index (κ3) is 5.12. The fourth-order valence-corrected chi connectivity index (χ4v) is 3.80. The van der Waals surface area contributed by atoms with Crippen molar-refractivity contribution in [3.8, 4) is 29.1 Å². The van der Waals surface area contributed by atoms with Gasteiger partial charge in [0.2, 0.25) is 5.88 Å². The summed E-state index contributed by atoms with van der Waals surface area (Å²) < 4.78 is 22.3. The van der Waals surface area contributed by atoms with Crippen molar-refractivity contribution in [1.29, 1.82) is 5.26 Å². The van der Waals surface area contributed by atoms with Crippen LogP contribution in [0.2, 0.25) is 0 Å². The molecule has 0 fully saturated rings. The Balaban J connectivity index is 1.60. The average molecular weight is 469 g/mol. The van der Waals surface area contributed by atoms with Gasteiger partial charge in [0.25, 0.3) is 0 Å². The summed E-state index contributed by atoms with van der Waals surface area (Å²) in [6.07, 6.45) is 1.64. The molecule has 0 amide bonds. The lowest BCUT2D eigenvalue weighted by molar-refractivity contribution is 0.0734. The predicted molar refractivity (Wildman–Crippen MR) is 130 cm³/mol. The van der Waals surface area contributed by atoms with Crippen LogP contribution in [0.4, 0.5) is 0 Å². The van der Waals surface area contributed by atoms with Gasteiger partial charge in [-0.1, -0.05) is 30.9 Å². The minimum Gasteiger partial charge on any atom is -0.494 e. The van der Waals surface area contributed by atoms with Gasteiger partial charge in [0.15, 0.2) is 0 Å². The van der Waals surface area contributed by atoms with Crippen molar-refractivity contribution >= 4 is 5.97 Å². The van der Waals surface area contributed by atoms with Gasteiger partial charge in [0.1, 0.15) is 41.2 Å². The van der Waals surface area contributed by atoms with E-state index in [0.29, 0.717) is 41.6 Å². The number of rotatable bonds is 8. The average Bonchev–Trinajstić information content (AvgIpc) is 2.87. The third-order valence-corrected chi connectivity index (χ3v) is 5.36. The second-order valence-electron chi connectivity index (χ2n) is 7.64. The quantitative estimate of drug-likeness (QED) is 0.279. The third-order valence-electron chi connectivity index (χ3n) is 5.36. The maximum atomic E-state index is 12.6. The molecule has 2 N–H and O–H groups in total. The van der Waals surface area contributed by atoms with Gasteiger partial charge in [-0.05, 0) is 55.0 Å². The van der Waals surface area contributed by atoms with E-state index in [4.69, 9.17) is 24.7 Å². The molecular weight excluding hydrogens is 444 g/mol. The number of nitriles is 1. The van der Waals surface area contributed by atoms with Gasteiger partial charge in [-0.15, -0.1) is 0 Å². The Morgan fingerprint density at radius 3 is 2.57 bits per heavy atom. The molecule has 1 aliphatic rings. The number of fused-ring (bicyclic) bond motifs is 1. The van der Waals surface area contributed by atoms with E-state index >= 15 is 0 Å². The summed E-state index contributed by atoms with van der Waals surface area (Å²) in [7, 11) is 0. The van der Waals surface area contributed by atoms with E-state index in [9.17, 15) is 10.1 Å². The van der Waals surface area contributed by atoms with Gasteiger partial charge < -0.3 is 24.7 Å². The first-order chi connectivity index (χ1) is 17.0. The zero-order chi connectivity index (χ0) is 24.8. The van der Waals surface area contributed by atoms with E-state index in [1.807, 2.05) is 31.2 Å². The molecular formula is C28H24N2O5. The van der Waals surface area contributed by atoms with Crippen LogP contribution in [0.1, 0.15) is 34.3 Å². The first-order valence-corrected chi connectivity index (χ1v) is 11.0. The Kier molecular flexibility index (Phi) is 7.03. The van der Waals surface area contributed by atoms with Gasteiger partial charge >= 0.3 is 5.97 Å². The largest absolute Gasteiger partial charge is 0.494 e. The van der Waals surface area contributed by atoms with Gasteiger partial charge in [-0.25, -0.2) is 4.79 Å². The molecule has 1 aliphatic heterocycles. The highest BCUT2D eigenvalue weighted by Crippen LogP contribution is 2.44. The molecule has 0 aliphatic carbocycles. The minimum atomic E-state index is -0.529. The molecule has 35 heavy (non-hydrogen) atoms. The summed E-state index contributed by atoms with van der Waals surface area (Å²) in [5.74, 6) is 1.04. The summed E-state index contributed by atoms with van der Waals surface area (Å²) in [5, 5.41) is 9.78. The number of hydrogen-bond acceptors (Lipinski definition) is 7. The standard InChI is InChI=1S/C28H24N2O5/c1-3-14-33-20-10-8-18(9-11-20)28(31)34-22-12-13-23-25(16-22)35-27(30)24(17-29)26(23)19-6-5-7-21(15-19)32-4-2/h3,5-13,15-16,26H,1,4,14,30H2,2H3. The number of allylic oxidation sites excluding steroid dienone is 1. The second kappa shape index (κ2) is 10.5. The van der Waals surface area contributed by atoms with Crippen LogP contribution in [0, 0.1) is 11.3 Å². The first kappa shape index (κ1) is 23.5. The SMILES string of the molecule is C=CCOc1ccc(C(=O)Oc2ccc3c(c2)OC(N)=C(C#N)C3c2cccc(OCC)c2)cc1. The lowest BCUT2D eigenvalue weighted by Gasteiger charge is -2.27. The number of carbonyl (C=O) groups is 1. The number of esters is 1. The van der Waals surface area contributed by atoms with E-state index in [1.165, 1.54) is 0 Å². The maximum absolute atomic E-state index is 12.6. The monoisotopic (exact) mass is 468 g/mol. The molecule has 7 heteroatoms. The van der Waals surface area contributed by atoms with Crippen LogP contribution in [-0.4, -0.2) is 19.2 Å². The van der Waals surface area contributed by atoms with E-state index in [1.54, 1.807) is 48.5 Å². The van der Waals surface area contributed by atoms with Gasteiger partial charge in [-0.3, -0.25) is 0 Å². The number of nitrogens with zero attached hydrogens (tertiary/aromatic N) is 1. The Morgan fingerprint density at radius 1 is 1.09 bits per heavy atom. The minimum absolute atomic E-state index is 0.00500. The topological polar surface area (TPSA) is 104 Å². The van der Waals surface area contributed by atoms with Crippen molar-refractivity contribution in [2.24, 2.45) is 5.73 Å². The van der Waals surface area contributed by atoms with Crippen LogP contribution in [0.5, 0.6) is 23.0 Å². The van der Waals surface area contributed by atoms with E-state index < -0.39 is 11.9 Å². The van der Waals surface area contributed by atoms with Crippen molar-refractivity contribution in [1.82, 2.24) is 0 Å². The fraction of sp³-hybridized carbons (Fsp3) is 0.143. The summed E-state index contributed by atoms with van der Waals surface area (Å²) in [6.45, 7) is 6.41. The van der Waals surface area contributed by atoms with Crippen LogP contribution in [-0.2, 0) is 0 Å². The van der Waals surface area contributed by atoms with Crippen LogP contribution in [0.3, 0.4) is 0 Å². The van der Waals surface area contributed by atoms with Crippen molar-refractivity contribution in [2.75, 3.05) is 13.2 Å². The molecule has 1 atom stereocenters. The molecule has 3 aromatic carbocycles. The number of ether oxygens (including phenoxy) is 4. The smallest absolute Gasteiger partial charge is 0.343 e. The molecule has 1 unspecified atom stereocenters. The molecule has 0 saturated carbocycles. The highest BCUT2D eigenvalue weighted by Gasteiger charge is 2.31. The molecule has 0 saturated heterocycles. The Hall–Kier alpha value is -4.70. The predicted octanol–water partition coefficient (Wildman–Crippen LogP) is 5.09. The number of nitrogens with two attached hydrogens (primary N) is 1. The Morgan fingerprint density at radius 2 is 1.86 bits per heavy atom. The summed E-state index contributed by atoms with van der Waals surface area (Å²) in [5.41, 5.74) is 8.33. The van der Waals surface area contributed by atoms with Gasteiger partial charge in [0, 0.05) is 11.6 Å². The molecule has 0 bridgehead atoms. The molecule has 1 heterocycles. The van der Waals surface area contributed by atoms with Gasteiger partial charge in [-0.2, -0.15) is 5.26 Å². The molecule has 0 aromatic heterocycles. The van der Waals surface area contributed by atoms with Crippen molar-refractivity contribution in [3.63, 3.8) is 0 Å². The lowest BCUT2D eigenvalue weighted by atomic mass is 9.83. The zero-order valence-corrected chi connectivity index (χ0v) is 19.2. The first-order valence-electron chi connectivity index (χ1n) is 11.0. The molecule has 0 spiro atoms. The molecule has 176 valence electrons. The van der Waals surface area contributed by atoms with E-state index in [0.717, 1.165) is 11.1 Å². The van der Waals surface area contributed by atoms with E-state index in [-0.39, 0.29) is 11.6 Å². The summed E-state index contributed by atoms with van der Waals surface area (Å²) in [4.78, 5) is 12.6. The normalized spacial score (nSPS) is 14.2. The van der Waals surface area contributed by atoms with Crippen molar-refractivity contribution in [3.05, 3.63) is 108 Å². The van der Waals surface area contributed by atoms with Crippen LogP contribution < -0.4 is 24.7 Å². The summed E-state index contributed by atoms with van der Waals surface area (Å²) >= 11 is 0. The number of carbonyl (C=O) groups excluding carboxylic acids is 1. The molecule has 3 aromatic rings. The molecule has 0 radical (unpaired) electrons. The zero-order valence-electron chi connectivity index (χ0n) is 19.2. The van der Waals surface area contributed by atoms with Crippen LogP contribution in [0.25, 0.3) is 0 Å². The number of benzene rings is 3. The molecule has 7 nitrogen and oxygen atoms in total.